The van der Waals surface area contributed by atoms with Gasteiger partial charge in [-0.25, -0.2) is 4.79 Å². The van der Waals surface area contributed by atoms with E-state index in [9.17, 15) is 9.59 Å². The summed E-state index contributed by atoms with van der Waals surface area (Å²) in [6, 6.07) is 0. The van der Waals surface area contributed by atoms with Crippen LogP contribution in [0.4, 0.5) is 4.79 Å². The molecule has 0 aliphatic carbocycles. The van der Waals surface area contributed by atoms with Gasteiger partial charge in [0.25, 0.3) is 0 Å². The number of rotatable bonds is 5. The van der Waals surface area contributed by atoms with E-state index in [-0.39, 0.29) is 12.4 Å². The van der Waals surface area contributed by atoms with Crippen molar-refractivity contribution >= 4 is 11.9 Å². The molecule has 1 aliphatic heterocycles. The summed E-state index contributed by atoms with van der Waals surface area (Å²) in [7, 11) is 0. The Morgan fingerprint density at radius 1 is 1.50 bits per heavy atom. The molecule has 1 N–H and O–H groups in total. The van der Waals surface area contributed by atoms with Crippen LogP contribution in [0.1, 0.15) is 33.6 Å². The molecule has 1 rings (SSSR count). The third-order valence-corrected chi connectivity index (χ3v) is 3.03. The number of ketones is 1. The molecule has 1 amide bonds. The number of hydrogen-bond donors (Lipinski definition) is 1. The fraction of sp³-hybridized carbons (Fsp3) is 0.600. The van der Waals surface area contributed by atoms with Crippen LogP contribution in [-0.2, 0) is 14.3 Å². The van der Waals surface area contributed by atoms with Crippen molar-refractivity contribution in [1.82, 2.24) is 5.32 Å². The van der Waals surface area contributed by atoms with Gasteiger partial charge in [-0.3, -0.25) is 4.79 Å². The van der Waals surface area contributed by atoms with Gasteiger partial charge in [-0.2, -0.15) is 0 Å². The molecule has 0 aromatic heterocycles. The third kappa shape index (κ3) is 3.70. The highest BCUT2D eigenvalue weighted by molar-refractivity contribution is 5.95. The summed E-state index contributed by atoms with van der Waals surface area (Å²) in [6.07, 6.45) is 2.95. The number of Topliss-reactive ketones (excluding diaryl/α,β-unsaturated/α-hetero) is 1. The molecule has 112 valence electrons. The minimum Gasteiger partial charge on any atom is -0.444 e. The van der Waals surface area contributed by atoms with Crippen LogP contribution in [0.25, 0.3) is 0 Å². The molecule has 2 unspecified atom stereocenters. The van der Waals surface area contributed by atoms with Crippen LogP contribution in [0.3, 0.4) is 0 Å². The highest BCUT2D eigenvalue weighted by Crippen LogP contribution is 2.30. The molecule has 5 nitrogen and oxygen atoms in total. The van der Waals surface area contributed by atoms with Crippen molar-refractivity contribution in [3.05, 3.63) is 25.3 Å². The summed E-state index contributed by atoms with van der Waals surface area (Å²) >= 11 is 0. The lowest BCUT2D eigenvalue weighted by molar-refractivity contribution is -0.122. The molecule has 0 bridgehead atoms. The number of nitrogens with one attached hydrogen (secondary N) is 1. The highest BCUT2D eigenvalue weighted by atomic mass is 16.6. The monoisotopic (exact) mass is 281 g/mol. The Kier molecular flexibility index (Phi) is 5.11. The SMILES string of the molecule is C=CCC1OCC(=O)C1(CC=C)NC(=O)OC(C)(C)C. The first-order valence-corrected chi connectivity index (χ1v) is 6.63. The van der Waals surface area contributed by atoms with Gasteiger partial charge in [-0.1, -0.05) is 12.2 Å². The van der Waals surface area contributed by atoms with Crippen LogP contribution in [0.5, 0.6) is 0 Å². The molecular formula is C15H23NO4. The summed E-state index contributed by atoms with van der Waals surface area (Å²) in [5, 5.41) is 2.68. The largest absolute Gasteiger partial charge is 0.444 e. The molecule has 0 radical (unpaired) electrons. The van der Waals surface area contributed by atoms with Crippen LogP contribution in [0, 0.1) is 0 Å². The van der Waals surface area contributed by atoms with Gasteiger partial charge < -0.3 is 14.8 Å². The molecular weight excluding hydrogens is 258 g/mol. The Labute approximate surface area is 120 Å². The number of carbonyl (C=O) groups is 2. The van der Waals surface area contributed by atoms with Crippen LogP contribution >= 0.6 is 0 Å². The molecule has 0 aromatic rings. The van der Waals surface area contributed by atoms with E-state index in [1.807, 2.05) is 0 Å². The summed E-state index contributed by atoms with van der Waals surface area (Å²) < 4.78 is 10.7. The summed E-state index contributed by atoms with van der Waals surface area (Å²) in [5.41, 5.74) is -1.74. The zero-order valence-corrected chi connectivity index (χ0v) is 12.4. The van der Waals surface area contributed by atoms with E-state index in [0.29, 0.717) is 12.8 Å². The smallest absolute Gasteiger partial charge is 0.408 e. The lowest BCUT2D eigenvalue weighted by atomic mass is 9.85. The van der Waals surface area contributed by atoms with Crippen LogP contribution in [-0.4, -0.2) is 35.7 Å². The molecule has 20 heavy (non-hydrogen) atoms. The van der Waals surface area contributed by atoms with Crippen LogP contribution in [0.2, 0.25) is 0 Å². The highest BCUT2D eigenvalue weighted by Gasteiger charge is 2.51. The topological polar surface area (TPSA) is 64.6 Å². The summed E-state index contributed by atoms with van der Waals surface area (Å²) in [4.78, 5) is 24.2. The van der Waals surface area contributed by atoms with Gasteiger partial charge in [0.15, 0.2) is 5.78 Å². The Hall–Kier alpha value is -1.62. The second-order valence-corrected chi connectivity index (χ2v) is 5.84. The van der Waals surface area contributed by atoms with Crippen molar-refractivity contribution in [3.63, 3.8) is 0 Å². The average molecular weight is 281 g/mol. The molecule has 5 heteroatoms. The lowest BCUT2D eigenvalue weighted by Gasteiger charge is -2.33. The van der Waals surface area contributed by atoms with Crippen molar-refractivity contribution in [1.29, 1.82) is 0 Å². The van der Waals surface area contributed by atoms with E-state index in [1.54, 1.807) is 32.9 Å². The first kappa shape index (κ1) is 16.4. The predicted molar refractivity (Wildman–Crippen MR) is 76.5 cm³/mol. The molecule has 0 aromatic carbocycles. The van der Waals surface area contributed by atoms with Gasteiger partial charge in [0.05, 0.1) is 6.10 Å². The van der Waals surface area contributed by atoms with Crippen molar-refractivity contribution in [3.8, 4) is 0 Å². The normalized spacial score (nSPS) is 26.1. The maximum absolute atomic E-state index is 12.2. The summed E-state index contributed by atoms with van der Waals surface area (Å²) in [5.74, 6) is -0.171. The predicted octanol–water partition coefficient (Wildman–Crippen LogP) is 2.37. The maximum atomic E-state index is 12.2. The average Bonchev–Trinajstić information content (AvgIpc) is 2.56. The molecule has 1 aliphatic rings. The minimum atomic E-state index is -1.11. The second-order valence-electron chi connectivity index (χ2n) is 5.84. The lowest BCUT2D eigenvalue weighted by Crippen LogP contribution is -2.59. The maximum Gasteiger partial charge on any atom is 0.408 e. The van der Waals surface area contributed by atoms with Crippen molar-refractivity contribution < 1.29 is 19.1 Å². The van der Waals surface area contributed by atoms with Crippen LogP contribution in [0.15, 0.2) is 25.3 Å². The van der Waals surface area contributed by atoms with Crippen molar-refractivity contribution in [2.24, 2.45) is 0 Å². The van der Waals surface area contributed by atoms with Crippen molar-refractivity contribution in [2.75, 3.05) is 6.61 Å². The number of hydrogen-bond acceptors (Lipinski definition) is 4. The van der Waals surface area contributed by atoms with Gasteiger partial charge in [-0.05, 0) is 33.6 Å². The Morgan fingerprint density at radius 2 is 2.15 bits per heavy atom. The van der Waals surface area contributed by atoms with E-state index >= 15 is 0 Å². The number of ether oxygens (including phenoxy) is 2. The van der Waals surface area contributed by atoms with Gasteiger partial charge >= 0.3 is 6.09 Å². The van der Waals surface area contributed by atoms with Crippen molar-refractivity contribution in [2.45, 2.75) is 50.9 Å². The third-order valence-electron chi connectivity index (χ3n) is 3.03. The van der Waals surface area contributed by atoms with Gasteiger partial charge in [0.1, 0.15) is 17.7 Å². The molecule has 1 heterocycles. The van der Waals surface area contributed by atoms with Gasteiger partial charge in [-0.15, -0.1) is 13.2 Å². The first-order valence-electron chi connectivity index (χ1n) is 6.63. The van der Waals surface area contributed by atoms with Gasteiger partial charge in [0.2, 0.25) is 0 Å². The molecule has 2 atom stereocenters. The van der Waals surface area contributed by atoms with E-state index < -0.39 is 23.3 Å². The van der Waals surface area contributed by atoms with E-state index in [0.717, 1.165) is 0 Å². The number of carbonyl (C=O) groups excluding carboxylic acids is 2. The second kappa shape index (κ2) is 6.22. The van der Waals surface area contributed by atoms with E-state index in [2.05, 4.69) is 18.5 Å². The molecule has 0 saturated carbocycles. The molecule has 1 fully saturated rings. The Bertz CT molecular complexity index is 411. The zero-order valence-electron chi connectivity index (χ0n) is 12.4. The zero-order chi connectivity index (χ0) is 15.4. The quantitative estimate of drug-likeness (QED) is 0.786. The molecule has 1 saturated heterocycles. The first-order chi connectivity index (χ1) is 9.25. The van der Waals surface area contributed by atoms with E-state index in [4.69, 9.17) is 9.47 Å². The number of alkyl carbamates (subject to hydrolysis) is 1. The van der Waals surface area contributed by atoms with Gasteiger partial charge in [0, 0.05) is 0 Å². The standard InChI is InChI=1S/C15H23NO4/c1-6-8-12-15(9-7-2,11(17)10-19-12)16-13(18)20-14(3,4)5/h6-7,12H,1-2,8-10H2,3-5H3,(H,16,18). The fourth-order valence-electron chi connectivity index (χ4n) is 2.21. The molecule has 0 spiro atoms. The fourth-order valence-corrected chi connectivity index (χ4v) is 2.21. The van der Waals surface area contributed by atoms with E-state index in [1.165, 1.54) is 0 Å². The Morgan fingerprint density at radius 3 is 2.65 bits per heavy atom. The van der Waals surface area contributed by atoms with Crippen LogP contribution < -0.4 is 5.32 Å². The Balaban J connectivity index is 2.95. The minimum absolute atomic E-state index is 0.0257. The number of amides is 1. The summed E-state index contributed by atoms with van der Waals surface area (Å²) in [6.45, 7) is 12.6.